The summed E-state index contributed by atoms with van der Waals surface area (Å²) in [6.07, 6.45) is 2.80. The second-order valence-electron chi connectivity index (χ2n) is 3.71. The van der Waals surface area contributed by atoms with Gasteiger partial charge >= 0.3 is 5.97 Å². The van der Waals surface area contributed by atoms with Crippen LogP contribution in [0, 0.1) is 18.3 Å². The molecule has 0 bridgehead atoms. The molecule has 0 atom stereocenters. The Morgan fingerprint density at radius 2 is 2.11 bits per heavy atom. The molecule has 0 saturated heterocycles. The van der Waals surface area contributed by atoms with E-state index in [9.17, 15) is 4.79 Å². The van der Waals surface area contributed by atoms with Crippen LogP contribution in [0.5, 0.6) is 11.6 Å². The fraction of sp³-hybridized carbons (Fsp3) is 0.0769. The van der Waals surface area contributed by atoms with Crippen LogP contribution in [0.25, 0.3) is 0 Å². The number of ether oxygens (including phenoxy) is 1. The second kappa shape index (κ2) is 5.14. The Morgan fingerprint density at radius 3 is 2.74 bits per heavy atom. The third-order valence-corrected chi connectivity index (χ3v) is 2.41. The minimum atomic E-state index is -0.999. The molecule has 0 aliphatic heterocycles. The normalized spacial score (nSPS) is 9.68. The lowest BCUT2D eigenvalue weighted by Gasteiger charge is -2.07. The van der Waals surface area contributed by atoms with Crippen molar-refractivity contribution in [3.05, 3.63) is 47.4 Å². The molecule has 0 unspecified atom stereocenters. The van der Waals surface area contributed by atoms with Gasteiger partial charge in [-0.15, -0.1) is 0 Å². The second-order valence-corrected chi connectivity index (χ2v) is 3.71. The maximum absolute atomic E-state index is 10.9. The van der Waals surface area contributed by atoms with Crippen molar-refractivity contribution in [2.75, 3.05) is 0 Å². The van der Waals surface area contributed by atoms with Gasteiger partial charge < -0.3 is 9.84 Å². The van der Waals surface area contributed by atoms with Gasteiger partial charge in [0.1, 0.15) is 11.8 Å². The van der Waals surface area contributed by atoms with Gasteiger partial charge in [0, 0.05) is 12.4 Å². The summed E-state index contributed by atoms with van der Waals surface area (Å²) in [4.78, 5) is 18.6. The Morgan fingerprint density at radius 1 is 1.37 bits per heavy atom. The molecule has 0 aliphatic rings. The number of nitriles is 1. The SMILES string of the molecule is Cc1cc(Oc2nccnc2C#N)ccc1C(=O)O. The van der Waals surface area contributed by atoms with Crippen molar-refractivity contribution >= 4 is 5.97 Å². The van der Waals surface area contributed by atoms with Gasteiger partial charge in [-0.3, -0.25) is 0 Å². The van der Waals surface area contributed by atoms with E-state index >= 15 is 0 Å². The van der Waals surface area contributed by atoms with Gasteiger partial charge in [-0.2, -0.15) is 5.26 Å². The highest BCUT2D eigenvalue weighted by molar-refractivity contribution is 5.89. The number of hydrogen-bond donors (Lipinski definition) is 1. The van der Waals surface area contributed by atoms with Crippen molar-refractivity contribution in [1.82, 2.24) is 9.97 Å². The number of benzene rings is 1. The van der Waals surface area contributed by atoms with Gasteiger partial charge in [-0.05, 0) is 30.7 Å². The van der Waals surface area contributed by atoms with Crippen LogP contribution in [0.15, 0.2) is 30.6 Å². The standard InChI is InChI=1S/C13H9N3O3/c1-8-6-9(2-3-10(8)13(17)18)19-12-11(7-14)15-4-5-16-12/h2-6H,1H3,(H,17,18). The number of aryl methyl sites for hydroxylation is 1. The van der Waals surface area contributed by atoms with Crippen molar-refractivity contribution in [3.8, 4) is 17.7 Å². The quantitative estimate of drug-likeness (QED) is 0.902. The van der Waals surface area contributed by atoms with Gasteiger partial charge in [-0.25, -0.2) is 14.8 Å². The van der Waals surface area contributed by atoms with E-state index in [0.717, 1.165) is 0 Å². The Balaban J connectivity index is 2.32. The lowest BCUT2D eigenvalue weighted by atomic mass is 10.1. The van der Waals surface area contributed by atoms with Crippen LogP contribution in [0.3, 0.4) is 0 Å². The summed E-state index contributed by atoms with van der Waals surface area (Å²) in [6, 6.07) is 6.38. The topological polar surface area (TPSA) is 96.1 Å². The van der Waals surface area contributed by atoms with Gasteiger partial charge in [0.05, 0.1) is 5.56 Å². The van der Waals surface area contributed by atoms with Crippen LogP contribution in [-0.2, 0) is 0 Å². The molecular weight excluding hydrogens is 246 g/mol. The van der Waals surface area contributed by atoms with E-state index < -0.39 is 5.97 Å². The van der Waals surface area contributed by atoms with Crippen LogP contribution < -0.4 is 4.74 Å². The predicted octanol–water partition coefficient (Wildman–Crippen LogP) is 2.15. The zero-order valence-corrected chi connectivity index (χ0v) is 9.99. The summed E-state index contributed by atoms with van der Waals surface area (Å²) in [5.74, 6) is -0.506. The number of carboxylic acid groups (broad SMARTS) is 1. The molecule has 0 fully saturated rings. The fourth-order valence-electron chi connectivity index (χ4n) is 1.53. The first kappa shape index (κ1) is 12.5. The molecule has 2 rings (SSSR count). The first-order valence-electron chi connectivity index (χ1n) is 5.34. The Kier molecular flexibility index (Phi) is 3.39. The zero-order valence-electron chi connectivity index (χ0n) is 9.99. The Labute approximate surface area is 108 Å². The number of aromatic nitrogens is 2. The highest BCUT2D eigenvalue weighted by atomic mass is 16.5. The number of aromatic carboxylic acids is 1. The van der Waals surface area contributed by atoms with Crippen LogP contribution in [0.4, 0.5) is 0 Å². The summed E-state index contributed by atoms with van der Waals surface area (Å²) in [7, 11) is 0. The zero-order chi connectivity index (χ0) is 13.8. The molecule has 1 N–H and O–H groups in total. The van der Waals surface area contributed by atoms with Crippen LogP contribution >= 0.6 is 0 Å². The molecule has 94 valence electrons. The maximum atomic E-state index is 10.9. The lowest BCUT2D eigenvalue weighted by Crippen LogP contribution is -2.00. The summed E-state index contributed by atoms with van der Waals surface area (Å²) >= 11 is 0. The minimum Gasteiger partial charge on any atom is -0.478 e. The van der Waals surface area contributed by atoms with E-state index in [2.05, 4.69) is 9.97 Å². The molecule has 2 aromatic rings. The summed E-state index contributed by atoms with van der Waals surface area (Å²) < 4.78 is 5.43. The predicted molar refractivity (Wildman–Crippen MR) is 65.0 cm³/mol. The molecule has 1 aromatic carbocycles. The van der Waals surface area contributed by atoms with E-state index in [1.807, 2.05) is 6.07 Å². The number of carboxylic acids is 1. The third-order valence-electron chi connectivity index (χ3n) is 2.41. The largest absolute Gasteiger partial charge is 0.478 e. The molecular formula is C13H9N3O3. The van der Waals surface area contributed by atoms with Crippen molar-refractivity contribution in [2.45, 2.75) is 6.92 Å². The third kappa shape index (κ3) is 2.66. The smallest absolute Gasteiger partial charge is 0.335 e. The first-order chi connectivity index (χ1) is 9.11. The van der Waals surface area contributed by atoms with Crippen LogP contribution in [-0.4, -0.2) is 21.0 Å². The molecule has 1 aromatic heterocycles. The first-order valence-corrected chi connectivity index (χ1v) is 5.34. The monoisotopic (exact) mass is 255 g/mol. The Hall–Kier alpha value is -2.94. The fourth-order valence-corrected chi connectivity index (χ4v) is 1.53. The summed E-state index contributed by atoms with van der Waals surface area (Å²) in [5.41, 5.74) is 0.835. The van der Waals surface area contributed by atoms with Gasteiger partial charge in [0.15, 0.2) is 0 Å². The lowest BCUT2D eigenvalue weighted by molar-refractivity contribution is 0.0696. The van der Waals surface area contributed by atoms with Gasteiger partial charge in [-0.1, -0.05) is 0 Å². The van der Waals surface area contributed by atoms with Crippen molar-refractivity contribution in [1.29, 1.82) is 5.26 Å². The van der Waals surface area contributed by atoms with E-state index in [1.54, 1.807) is 13.0 Å². The van der Waals surface area contributed by atoms with Crippen molar-refractivity contribution in [3.63, 3.8) is 0 Å². The minimum absolute atomic E-state index is 0.0717. The molecule has 0 amide bonds. The molecule has 0 radical (unpaired) electrons. The maximum Gasteiger partial charge on any atom is 0.335 e. The molecule has 0 saturated carbocycles. The van der Waals surface area contributed by atoms with Crippen LogP contribution in [0.2, 0.25) is 0 Å². The molecule has 6 heteroatoms. The number of hydrogen-bond acceptors (Lipinski definition) is 5. The van der Waals surface area contributed by atoms with Crippen LogP contribution in [0.1, 0.15) is 21.6 Å². The van der Waals surface area contributed by atoms with E-state index in [4.69, 9.17) is 15.1 Å². The van der Waals surface area contributed by atoms with E-state index in [1.165, 1.54) is 24.5 Å². The Bertz CT molecular complexity index is 677. The van der Waals surface area contributed by atoms with E-state index in [0.29, 0.717) is 11.3 Å². The molecule has 0 aliphatic carbocycles. The average molecular weight is 255 g/mol. The molecule has 0 spiro atoms. The van der Waals surface area contributed by atoms with Gasteiger partial charge in [0.25, 0.3) is 5.88 Å². The molecule has 19 heavy (non-hydrogen) atoms. The summed E-state index contributed by atoms with van der Waals surface area (Å²) in [5, 5.41) is 17.8. The number of carbonyl (C=O) groups is 1. The van der Waals surface area contributed by atoms with Gasteiger partial charge in [0.2, 0.25) is 5.69 Å². The average Bonchev–Trinajstić information content (AvgIpc) is 2.39. The molecule has 1 heterocycles. The number of rotatable bonds is 3. The molecule has 6 nitrogen and oxygen atoms in total. The number of nitrogens with zero attached hydrogens (tertiary/aromatic N) is 3. The highest BCUT2D eigenvalue weighted by Crippen LogP contribution is 2.23. The van der Waals surface area contributed by atoms with Crippen molar-refractivity contribution in [2.24, 2.45) is 0 Å². The van der Waals surface area contributed by atoms with E-state index in [-0.39, 0.29) is 17.1 Å². The highest BCUT2D eigenvalue weighted by Gasteiger charge is 2.10. The van der Waals surface area contributed by atoms with Crippen molar-refractivity contribution < 1.29 is 14.6 Å². The summed E-state index contributed by atoms with van der Waals surface area (Å²) in [6.45, 7) is 1.66.